The largest absolute Gasteiger partial charge is 0.504 e. The Bertz CT molecular complexity index is 1790. The van der Waals surface area contributed by atoms with Crippen LogP contribution in [0.25, 0.3) is 43.1 Å². The highest BCUT2D eigenvalue weighted by atomic mass is 16.7. The summed E-state index contributed by atoms with van der Waals surface area (Å²) >= 11 is 0. The molecule has 1 aliphatic rings. The molecule has 0 amide bonds. The first-order valence-electron chi connectivity index (χ1n) is 12.4. The lowest BCUT2D eigenvalue weighted by Gasteiger charge is -2.24. The molecule has 6 rings (SSSR count). The van der Waals surface area contributed by atoms with E-state index in [1.807, 2.05) is 0 Å². The van der Waals surface area contributed by atoms with Crippen LogP contribution in [0.3, 0.4) is 0 Å². The molecule has 2 atom stereocenters. The number of hydrogen-bond donors (Lipinski definition) is 4. The average Bonchev–Trinajstić information content (AvgIpc) is 3.08. The lowest BCUT2D eigenvalue weighted by atomic mass is 9.82. The van der Waals surface area contributed by atoms with Gasteiger partial charge in [-0.05, 0) is 36.8 Å². The Morgan fingerprint density at radius 3 is 1.44 bits per heavy atom. The third kappa shape index (κ3) is 3.28. The molecule has 5 aromatic carbocycles. The molecule has 0 radical (unpaired) electrons. The topological polar surface area (TPSA) is 152 Å². The van der Waals surface area contributed by atoms with E-state index in [1.165, 1.54) is 26.4 Å². The minimum Gasteiger partial charge on any atom is -0.504 e. The number of aliphatic hydroxyl groups excluding tert-OH is 2. The number of benzene rings is 5. The van der Waals surface area contributed by atoms with E-state index in [-0.39, 0.29) is 75.7 Å². The minimum absolute atomic E-state index is 0.0210. The molecule has 0 fully saturated rings. The Balaban J connectivity index is 2.12. The maximum atomic E-state index is 13.8. The summed E-state index contributed by atoms with van der Waals surface area (Å²) in [6.07, 6.45) is -1.71. The van der Waals surface area contributed by atoms with Gasteiger partial charge in [-0.1, -0.05) is 0 Å². The van der Waals surface area contributed by atoms with Crippen molar-refractivity contribution in [1.82, 2.24) is 0 Å². The smallest absolute Gasteiger partial charge is 0.231 e. The van der Waals surface area contributed by atoms with Crippen molar-refractivity contribution < 1.29 is 39.4 Å². The SMILES string of the molecule is COc1c(C[C@@H](C)O)c2c3c(C[C@@H](C)O)c(OC)c(=O)c4cc(O)c5c(c6c(c(O)cc(c1=O)c26)OCO5)c43. The van der Waals surface area contributed by atoms with Crippen LogP contribution in [0.15, 0.2) is 21.7 Å². The molecule has 0 saturated carbocycles. The number of phenolic OH excluding ortho intramolecular Hbond substituents is 2. The maximum Gasteiger partial charge on any atom is 0.231 e. The van der Waals surface area contributed by atoms with Crippen LogP contribution in [0.5, 0.6) is 34.5 Å². The molecule has 5 aromatic rings. The molecular weight excluding hydrogens is 508 g/mol. The highest BCUT2D eigenvalue weighted by Crippen LogP contribution is 2.55. The van der Waals surface area contributed by atoms with Crippen LogP contribution in [-0.4, -0.2) is 53.6 Å². The van der Waals surface area contributed by atoms with Crippen LogP contribution in [-0.2, 0) is 12.8 Å². The summed E-state index contributed by atoms with van der Waals surface area (Å²) < 4.78 is 22.7. The lowest BCUT2D eigenvalue weighted by molar-refractivity contribution is 0.119. The molecule has 202 valence electrons. The van der Waals surface area contributed by atoms with Crippen LogP contribution in [0, 0.1) is 0 Å². The number of phenols is 2. The van der Waals surface area contributed by atoms with E-state index >= 15 is 0 Å². The predicted molar refractivity (Wildman–Crippen MR) is 145 cm³/mol. The summed E-state index contributed by atoms with van der Waals surface area (Å²) in [5.74, 6) is -0.662. The molecule has 0 spiro atoms. The number of hydrogen-bond acceptors (Lipinski definition) is 10. The molecule has 10 heteroatoms. The molecule has 10 nitrogen and oxygen atoms in total. The lowest BCUT2D eigenvalue weighted by Crippen LogP contribution is -2.17. The Hall–Kier alpha value is -4.28. The Labute approximate surface area is 220 Å². The van der Waals surface area contributed by atoms with Gasteiger partial charge in [-0.2, -0.15) is 0 Å². The van der Waals surface area contributed by atoms with E-state index in [1.54, 1.807) is 13.8 Å². The second kappa shape index (κ2) is 8.62. The maximum absolute atomic E-state index is 13.8. The normalized spacial score (nSPS) is 14.6. The first-order chi connectivity index (χ1) is 18.6. The Kier molecular flexibility index (Phi) is 5.53. The molecule has 0 aromatic heterocycles. The number of aliphatic hydroxyl groups is 2. The summed E-state index contributed by atoms with van der Waals surface area (Å²) in [7, 11) is 2.70. The molecule has 0 saturated heterocycles. The first kappa shape index (κ1) is 25.0. The van der Waals surface area contributed by atoms with Crippen molar-refractivity contribution in [3.63, 3.8) is 0 Å². The highest BCUT2D eigenvalue weighted by Gasteiger charge is 2.33. The second-order valence-corrected chi connectivity index (χ2v) is 9.99. The standard InChI is InChI=1S/C29H26O10/c1-10(30)5-14-20-18-12(24(34)26(14)36-3)7-16(32)28-22(18)23-19-13(8-17(33)29(23)39-9-38-28)25(35)27(37-4)15(21(19)20)6-11(2)31/h7-8,10-11,30-33H,5-6,9H2,1-4H3/t10-,11-/m1/s1. The minimum atomic E-state index is -0.879. The predicted octanol–water partition coefficient (Wildman–Crippen LogP) is 2.90. The quantitative estimate of drug-likeness (QED) is 0.189. The Morgan fingerprint density at radius 2 is 1.10 bits per heavy atom. The second-order valence-electron chi connectivity index (χ2n) is 9.99. The van der Waals surface area contributed by atoms with Crippen molar-refractivity contribution in [2.45, 2.75) is 38.9 Å². The number of rotatable bonds is 6. The molecule has 1 aliphatic heterocycles. The fourth-order valence-electron chi connectivity index (χ4n) is 6.11. The van der Waals surface area contributed by atoms with Crippen molar-refractivity contribution in [1.29, 1.82) is 0 Å². The third-order valence-electron chi connectivity index (χ3n) is 7.39. The third-order valence-corrected chi connectivity index (χ3v) is 7.39. The molecule has 0 unspecified atom stereocenters. The fourth-order valence-corrected chi connectivity index (χ4v) is 6.11. The van der Waals surface area contributed by atoms with Gasteiger partial charge in [0.25, 0.3) is 0 Å². The van der Waals surface area contributed by atoms with Crippen LogP contribution >= 0.6 is 0 Å². The van der Waals surface area contributed by atoms with Gasteiger partial charge in [0.2, 0.25) is 17.7 Å². The van der Waals surface area contributed by atoms with E-state index < -0.39 is 23.1 Å². The van der Waals surface area contributed by atoms with E-state index in [0.29, 0.717) is 32.7 Å². The zero-order chi connectivity index (χ0) is 27.9. The van der Waals surface area contributed by atoms with Crippen LogP contribution in [0.4, 0.5) is 0 Å². The molecule has 0 aliphatic carbocycles. The average molecular weight is 535 g/mol. The zero-order valence-electron chi connectivity index (χ0n) is 21.7. The molecule has 4 N–H and O–H groups in total. The van der Waals surface area contributed by atoms with Crippen LogP contribution in [0.1, 0.15) is 25.0 Å². The summed E-state index contributed by atoms with van der Waals surface area (Å²) in [5, 5.41) is 45.5. The zero-order valence-corrected chi connectivity index (χ0v) is 21.7. The van der Waals surface area contributed by atoms with Gasteiger partial charge in [0.1, 0.15) is 0 Å². The van der Waals surface area contributed by atoms with Gasteiger partial charge in [0.05, 0.1) is 26.4 Å². The molecule has 39 heavy (non-hydrogen) atoms. The van der Waals surface area contributed by atoms with Crippen molar-refractivity contribution in [3.8, 4) is 34.5 Å². The van der Waals surface area contributed by atoms with Gasteiger partial charge in [0.15, 0.2) is 34.5 Å². The summed E-state index contributed by atoms with van der Waals surface area (Å²) in [4.78, 5) is 27.5. The highest BCUT2D eigenvalue weighted by molar-refractivity contribution is 6.38. The molecule has 1 heterocycles. The van der Waals surface area contributed by atoms with E-state index in [0.717, 1.165) is 0 Å². The number of ether oxygens (including phenoxy) is 4. The van der Waals surface area contributed by atoms with E-state index in [4.69, 9.17) is 18.9 Å². The van der Waals surface area contributed by atoms with Gasteiger partial charge < -0.3 is 39.4 Å². The number of methoxy groups -OCH3 is 2. The van der Waals surface area contributed by atoms with E-state index in [2.05, 4.69) is 0 Å². The monoisotopic (exact) mass is 534 g/mol. The van der Waals surface area contributed by atoms with Gasteiger partial charge in [-0.3, -0.25) is 9.59 Å². The van der Waals surface area contributed by atoms with Crippen molar-refractivity contribution >= 4 is 43.1 Å². The summed E-state index contributed by atoms with van der Waals surface area (Å²) in [5.41, 5.74) is -0.253. The Morgan fingerprint density at radius 1 is 0.718 bits per heavy atom. The van der Waals surface area contributed by atoms with Gasteiger partial charge >= 0.3 is 0 Å². The molecular formula is C29H26O10. The van der Waals surface area contributed by atoms with Crippen molar-refractivity contribution in [3.05, 3.63) is 43.7 Å². The van der Waals surface area contributed by atoms with Crippen molar-refractivity contribution in [2.75, 3.05) is 21.0 Å². The van der Waals surface area contributed by atoms with E-state index in [9.17, 15) is 30.0 Å². The summed E-state index contributed by atoms with van der Waals surface area (Å²) in [6, 6.07) is 2.58. The van der Waals surface area contributed by atoms with Gasteiger partial charge in [-0.25, -0.2) is 0 Å². The fraction of sp³-hybridized carbons (Fsp3) is 0.310. The van der Waals surface area contributed by atoms with Gasteiger partial charge in [0, 0.05) is 56.3 Å². The van der Waals surface area contributed by atoms with Crippen LogP contribution in [0.2, 0.25) is 0 Å². The van der Waals surface area contributed by atoms with Crippen molar-refractivity contribution in [2.24, 2.45) is 0 Å². The van der Waals surface area contributed by atoms with Gasteiger partial charge in [-0.15, -0.1) is 0 Å². The molecule has 0 bridgehead atoms. The van der Waals surface area contributed by atoms with Crippen LogP contribution < -0.4 is 29.8 Å². The summed E-state index contributed by atoms with van der Waals surface area (Å²) in [6.45, 7) is 2.80. The number of aromatic hydroxyl groups is 2. The first-order valence-corrected chi connectivity index (χ1v) is 12.4. The number of fused-ring (bicyclic) bond motifs is 1.